The predicted molar refractivity (Wildman–Crippen MR) is 88.8 cm³/mol. The third kappa shape index (κ3) is 3.90. The van der Waals surface area contributed by atoms with Gasteiger partial charge in [-0.2, -0.15) is 23.5 Å². The molecule has 106 valence electrons. The Hall–Kier alpha value is 0.290. The lowest BCUT2D eigenvalue weighted by Crippen LogP contribution is -2.44. The van der Waals surface area contributed by atoms with E-state index >= 15 is 0 Å². The molecule has 0 aliphatic carbocycles. The predicted octanol–water partition coefficient (Wildman–Crippen LogP) is 3.96. The summed E-state index contributed by atoms with van der Waals surface area (Å²) in [5.41, 5.74) is 1.04. The maximum Gasteiger partial charge on any atom is 0.137 e. The Bertz CT molecular complexity index is 430. The summed E-state index contributed by atoms with van der Waals surface area (Å²) in [5, 5.41) is 4.64. The second kappa shape index (κ2) is 7.34. The molecule has 1 aromatic carbocycles. The van der Waals surface area contributed by atoms with Crippen LogP contribution in [0, 0.1) is 5.82 Å². The molecule has 0 radical (unpaired) electrons. The van der Waals surface area contributed by atoms with Crippen LogP contribution in [0.15, 0.2) is 22.7 Å². The molecule has 1 nitrogen and oxygen atoms in total. The van der Waals surface area contributed by atoms with Gasteiger partial charge in [0.05, 0.1) is 4.47 Å². The molecule has 3 atom stereocenters. The molecule has 0 spiro atoms. The molecule has 0 amide bonds. The van der Waals surface area contributed by atoms with Gasteiger partial charge in [0, 0.05) is 28.0 Å². The number of thioether (sulfide) groups is 2. The van der Waals surface area contributed by atoms with E-state index < -0.39 is 0 Å². The number of hydrogen-bond acceptors (Lipinski definition) is 3. The van der Waals surface area contributed by atoms with Gasteiger partial charge in [0.1, 0.15) is 5.82 Å². The van der Waals surface area contributed by atoms with Crippen LogP contribution in [0.3, 0.4) is 0 Å². The molecular weight excluding hydrogens is 345 g/mol. The molecule has 1 aliphatic heterocycles. The molecule has 0 bridgehead atoms. The zero-order valence-electron chi connectivity index (χ0n) is 11.2. The summed E-state index contributed by atoms with van der Waals surface area (Å²) in [6, 6.07) is 5.67. The summed E-state index contributed by atoms with van der Waals surface area (Å²) < 4.78 is 14.2. The Labute approximate surface area is 131 Å². The van der Waals surface area contributed by atoms with Crippen molar-refractivity contribution in [3.8, 4) is 0 Å². The molecule has 0 saturated carbocycles. The minimum absolute atomic E-state index is 0.175. The standard InChI is InChI=1S/C14H19BrFNS2/c1-9-14(19-7-6-18-9)12(17-2)8-10-4-3-5-11(16)13(10)15/h3-5,9,12,14,17H,6-8H2,1-2H3. The van der Waals surface area contributed by atoms with Gasteiger partial charge in [-0.1, -0.05) is 19.1 Å². The van der Waals surface area contributed by atoms with Crippen LogP contribution in [0.25, 0.3) is 0 Å². The van der Waals surface area contributed by atoms with Crippen LogP contribution >= 0.6 is 39.5 Å². The van der Waals surface area contributed by atoms with Gasteiger partial charge in [-0.25, -0.2) is 4.39 Å². The highest BCUT2D eigenvalue weighted by Gasteiger charge is 2.30. The van der Waals surface area contributed by atoms with Gasteiger partial charge in [-0.05, 0) is 41.0 Å². The van der Waals surface area contributed by atoms with E-state index in [1.807, 2.05) is 36.6 Å². The Morgan fingerprint density at radius 2 is 2.16 bits per heavy atom. The average molecular weight is 364 g/mol. The molecule has 1 saturated heterocycles. The number of hydrogen-bond donors (Lipinski definition) is 1. The molecule has 0 aromatic heterocycles. The topological polar surface area (TPSA) is 12.0 Å². The summed E-state index contributed by atoms with van der Waals surface area (Å²) in [6.07, 6.45) is 0.859. The van der Waals surface area contributed by atoms with Crippen molar-refractivity contribution in [3.63, 3.8) is 0 Å². The van der Waals surface area contributed by atoms with Crippen molar-refractivity contribution in [1.29, 1.82) is 0 Å². The first-order valence-corrected chi connectivity index (χ1v) is 9.36. The Balaban J connectivity index is 2.12. The molecule has 1 heterocycles. The van der Waals surface area contributed by atoms with Crippen LogP contribution in [0.5, 0.6) is 0 Å². The van der Waals surface area contributed by atoms with Gasteiger partial charge in [0.15, 0.2) is 0 Å². The SMILES string of the molecule is CNC(Cc1cccc(F)c1Br)C1SCCSC1C. The Morgan fingerprint density at radius 3 is 2.84 bits per heavy atom. The third-order valence-electron chi connectivity index (χ3n) is 3.48. The lowest BCUT2D eigenvalue weighted by molar-refractivity contribution is 0.527. The summed E-state index contributed by atoms with van der Waals surface area (Å²) in [7, 11) is 2.00. The van der Waals surface area contributed by atoms with E-state index in [1.54, 1.807) is 6.07 Å². The van der Waals surface area contributed by atoms with Crippen LogP contribution < -0.4 is 5.32 Å². The van der Waals surface area contributed by atoms with E-state index in [-0.39, 0.29) is 5.82 Å². The fourth-order valence-corrected chi connectivity index (χ4v) is 5.84. The fraction of sp³-hybridized carbons (Fsp3) is 0.571. The molecule has 1 N–H and O–H groups in total. The summed E-state index contributed by atoms with van der Waals surface area (Å²) in [4.78, 5) is 0. The zero-order valence-corrected chi connectivity index (χ0v) is 14.4. The van der Waals surface area contributed by atoms with Gasteiger partial charge in [0.2, 0.25) is 0 Å². The van der Waals surface area contributed by atoms with Gasteiger partial charge >= 0.3 is 0 Å². The van der Waals surface area contributed by atoms with Crippen LogP contribution in [0.2, 0.25) is 0 Å². The number of halogens is 2. The average Bonchev–Trinajstić information content (AvgIpc) is 2.41. The number of rotatable bonds is 4. The van der Waals surface area contributed by atoms with E-state index in [0.717, 1.165) is 12.0 Å². The fourth-order valence-electron chi connectivity index (χ4n) is 2.42. The van der Waals surface area contributed by atoms with Crippen LogP contribution in [0.4, 0.5) is 4.39 Å². The van der Waals surface area contributed by atoms with Gasteiger partial charge in [0.25, 0.3) is 0 Å². The molecule has 2 rings (SSSR count). The highest BCUT2D eigenvalue weighted by atomic mass is 79.9. The van der Waals surface area contributed by atoms with Crippen molar-refractivity contribution in [2.45, 2.75) is 29.9 Å². The first-order valence-electron chi connectivity index (χ1n) is 6.47. The summed E-state index contributed by atoms with van der Waals surface area (Å²) in [5.74, 6) is 2.27. The second-order valence-electron chi connectivity index (χ2n) is 4.72. The molecule has 1 aliphatic rings. The first kappa shape index (κ1) is 15.7. The first-order chi connectivity index (χ1) is 9.13. The summed E-state index contributed by atoms with van der Waals surface area (Å²) >= 11 is 7.44. The quantitative estimate of drug-likeness (QED) is 0.869. The minimum atomic E-state index is -0.175. The van der Waals surface area contributed by atoms with Crippen molar-refractivity contribution >= 4 is 39.5 Å². The van der Waals surface area contributed by atoms with Crippen molar-refractivity contribution in [2.24, 2.45) is 0 Å². The van der Waals surface area contributed by atoms with Crippen LogP contribution in [0.1, 0.15) is 12.5 Å². The Morgan fingerprint density at radius 1 is 1.42 bits per heavy atom. The minimum Gasteiger partial charge on any atom is -0.316 e. The molecule has 1 fully saturated rings. The largest absolute Gasteiger partial charge is 0.316 e. The molecular formula is C14H19BrFNS2. The number of likely N-dealkylation sites (N-methyl/N-ethyl adjacent to an activating group) is 1. The molecule has 5 heteroatoms. The van der Waals surface area contributed by atoms with Crippen molar-refractivity contribution in [3.05, 3.63) is 34.1 Å². The van der Waals surface area contributed by atoms with Gasteiger partial charge < -0.3 is 5.32 Å². The van der Waals surface area contributed by atoms with E-state index in [4.69, 9.17) is 0 Å². The maximum absolute atomic E-state index is 13.6. The van der Waals surface area contributed by atoms with Gasteiger partial charge in [-0.3, -0.25) is 0 Å². The zero-order chi connectivity index (χ0) is 13.8. The highest BCUT2D eigenvalue weighted by Crippen LogP contribution is 2.34. The maximum atomic E-state index is 13.6. The number of benzene rings is 1. The lowest BCUT2D eigenvalue weighted by Gasteiger charge is -2.34. The summed E-state index contributed by atoms with van der Waals surface area (Å²) in [6.45, 7) is 2.30. The lowest BCUT2D eigenvalue weighted by atomic mass is 10.0. The highest BCUT2D eigenvalue weighted by molar-refractivity contribution is 9.10. The number of nitrogens with one attached hydrogen (secondary N) is 1. The smallest absolute Gasteiger partial charge is 0.137 e. The van der Waals surface area contributed by atoms with Crippen molar-refractivity contribution < 1.29 is 4.39 Å². The van der Waals surface area contributed by atoms with Crippen LogP contribution in [-0.2, 0) is 6.42 Å². The van der Waals surface area contributed by atoms with Crippen molar-refractivity contribution in [2.75, 3.05) is 18.6 Å². The second-order valence-corrected chi connectivity index (χ2v) is 8.29. The molecule has 1 aromatic rings. The van der Waals surface area contributed by atoms with Gasteiger partial charge in [-0.15, -0.1) is 0 Å². The molecule has 3 unspecified atom stereocenters. The van der Waals surface area contributed by atoms with Crippen molar-refractivity contribution in [1.82, 2.24) is 5.32 Å². The van der Waals surface area contributed by atoms with E-state index in [9.17, 15) is 4.39 Å². The normalized spacial score (nSPS) is 25.3. The Kier molecular flexibility index (Phi) is 6.06. The third-order valence-corrected chi connectivity index (χ3v) is 7.61. The molecule has 19 heavy (non-hydrogen) atoms. The van der Waals surface area contributed by atoms with E-state index in [0.29, 0.717) is 21.0 Å². The van der Waals surface area contributed by atoms with E-state index in [1.165, 1.54) is 17.6 Å². The monoisotopic (exact) mass is 363 g/mol. The van der Waals surface area contributed by atoms with E-state index in [2.05, 4.69) is 28.2 Å². The van der Waals surface area contributed by atoms with Crippen LogP contribution in [-0.4, -0.2) is 35.1 Å².